The summed E-state index contributed by atoms with van der Waals surface area (Å²) in [5.41, 5.74) is 0.502. The van der Waals surface area contributed by atoms with Crippen LogP contribution in [0.15, 0.2) is 47.6 Å². The van der Waals surface area contributed by atoms with E-state index in [2.05, 4.69) is 20.0 Å². The number of anilines is 1. The third-order valence-corrected chi connectivity index (χ3v) is 4.26. The molecule has 0 aliphatic rings. The maximum absolute atomic E-state index is 12.1. The Morgan fingerprint density at radius 1 is 1.20 bits per heavy atom. The Hall–Kier alpha value is -2.52. The van der Waals surface area contributed by atoms with E-state index in [9.17, 15) is 13.2 Å². The van der Waals surface area contributed by atoms with E-state index in [0.717, 1.165) is 0 Å². The van der Waals surface area contributed by atoms with Crippen molar-refractivity contribution in [3.05, 3.63) is 48.3 Å². The second-order valence-corrected chi connectivity index (χ2v) is 7.11. The lowest BCUT2D eigenvalue weighted by molar-refractivity contribution is -0.145. The summed E-state index contributed by atoms with van der Waals surface area (Å²) in [5.74, 6) is 0.0632. The summed E-state index contributed by atoms with van der Waals surface area (Å²) >= 11 is 0. The number of carbonyl (C=O) groups is 1. The fourth-order valence-electron chi connectivity index (χ4n) is 1.89. The molecule has 25 heavy (non-hydrogen) atoms. The number of aromatic nitrogens is 2. The maximum atomic E-state index is 12.1. The summed E-state index contributed by atoms with van der Waals surface area (Å²) in [4.78, 5) is 19.6. The van der Waals surface area contributed by atoms with E-state index in [4.69, 9.17) is 4.74 Å². The molecule has 2 rings (SSSR count). The van der Waals surface area contributed by atoms with Gasteiger partial charge in [-0.1, -0.05) is 12.1 Å². The van der Waals surface area contributed by atoms with E-state index in [1.807, 2.05) is 0 Å². The van der Waals surface area contributed by atoms with E-state index < -0.39 is 16.0 Å². The standard InChI is InChI=1S/C16H20N4O4S/c1-12(2)24-16(21)11-18-14-7-5-6-13(20-14)10-19-25(22,23)15-8-3-4-9-17-15/h3-9,12,19H,10-11H2,1-2H3,(H,18,20). The number of esters is 1. The number of nitrogens with zero attached hydrogens (tertiary/aromatic N) is 2. The summed E-state index contributed by atoms with van der Waals surface area (Å²) < 4.78 is 31.7. The van der Waals surface area contributed by atoms with Crippen molar-refractivity contribution < 1.29 is 17.9 Å². The van der Waals surface area contributed by atoms with E-state index in [1.54, 1.807) is 44.2 Å². The van der Waals surface area contributed by atoms with Crippen molar-refractivity contribution in [3.63, 3.8) is 0 Å². The topological polar surface area (TPSA) is 110 Å². The first-order valence-corrected chi connectivity index (χ1v) is 9.15. The SMILES string of the molecule is CC(C)OC(=O)CNc1cccc(CNS(=O)(=O)c2ccccn2)n1. The van der Waals surface area contributed by atoms with Crippen LogP contribution in [0.1, 0.15) is 19.5 Å². The summed E-state index contributed by atoms with van der Waals surface area (Å²) in [7, 11) is -3.71. The van der Waals surface area contributed by atoms with Gasteiger partial charge in [-0.2, -0.15) is 0 Å². The molecule has 0 saturated carbocycles. The fourth-order valence-corrected chi connectivity index (χ4v) is 2.84. The molecule has 0 fully saturated rings. The molecule has 0 unspecified atom stereocenters. The number of pyridine rings is 2. The van der Waals surface area contributed by atoms with E-state index in [0.29, 0.717) is 11.5 Å². The molecular weight excluding hydrogens is 344 g/mol. The molecule has 0 atom stereocenters. The lowest BCUT2D eigenvalue weighted by atomic mass is 10.3. The zero-order valence-electron chi connectivity index (χ0n) is 14.0. The number of hydrogen-bond donors (Lipinski definition) is 2. The lowest BCUT2D eigenvalue weighted by Gasteiger charge is -2.10. The summed E-state index contributed by atoms with van der Waals surface area (Å²) in [6, 6.07) is 9.72. The first-order valence-electron chi connectivity index (χ1n) is 7.67. The summed E-state index contributed by atoms with van der Waals surface area (Å²) in [6.07, 6.45) is 1.22. The minimum absolute atomic E-state index is 0.00483. The van der Waals surface area contributed by atoms with Crippen molar-refractivity contribution in [2.24, 2.45) is 0 Å². The molecule has 0 aliphatic heterocycles. The molecule has 0 saturated heterocycles. The molecule has 2 heterocycles. The highest BCUT2D eigenvalue weighted by atomic mass is 32.2. The molecule has 2 aromatic heterocycles. The Morgan fingerprint density at radius 2 is 2.00 bits per heavy atom. The molecule has 134 valence electrons. The van der Waals surface area contributed by atoms with Crippen molar-refractivity contribution in [1.82, 2.24) is 14.7 Å². The number of nitrogens with one attached hydrogen (secondary N) is 2. The van der Waals surface area contributed by atoms with Crippen molar-refractivity contribution in [3.8, 4) is 0 Å². The average Bonchev–Trinajstić information content (AvgIpc) is 2.59. The molecule has 0 amide bonds. The molecule has 0 aliphatic carbocycles. The Balaban J connectivity index is 1.94. The second kappa shape index (κ2) is 8.54. The van der Waals surface area contributed by atoms with Crippen molar-refractivity contribution in [1.29, 1.82) is 0 Å². The Bertz CT molecular complexity index is 810. The van der Waals surface area contributed by atoms with Crippen LogP contribution in [-0.4, -0.2) is 37.0 Å². The smallest absolute Gasteiger partial charge is 0.325 e. The third-order valence-electron chi connectivity index (χ3n) is 2.94. The van der Waals surface area contributed by atoms with Gasteiger partial charge in [-0.3, -0.25) is 4.79 Å². The van der Waals surface area contributed by atoms with Gasteiger partial charge in [0.05, 0.1) is 18.3 Å². The molecule has 8 nitrogen and oxygen atoms in total. The number of rotatable bonds is 8. The molecule has 2 aromatic rings. The van der Waals surface area contributed by atoms with Crippen LogP contribution in [-0.2, 0) is 26.1 Å². The van der Waals surface area contributed by atoms with Gasteiger partial charge in [-0.15, -0.1) is 0 Å². The minimum atomic E-state index is -3.71. The van der Waals surface area contributed by atoms with E-state index in [1.165, 1.54) is 12.3 Å². The van der Waals surface area contributed by atoms with Gasteiger partial charge in [0, 0.05) is 6.20 Å². The van der Waals surface area contributed by atoms with Crippen LogP contribution < -0.4 is 10.0 Å². The monoisotopic (exact) mass is 364 g/mol. The molecule has 0 radical (unpaired) electrons. The predicted octanol–water partition coefficient (Wildman–Crippen LogP) is 1.32. The van der Waals surface area contributed by atoms with Gasteiger partial charge in [-0.05, 0) is 38.1 Å². The molecular formula is C16H20N4O4S. The zero-order valence-corrected chi connectivity index (χ0v) is 14.8. The van der Waals surface area contributed by atoms with Crippen LogP contribution in [0, 0.1) is 0 Å². The van der Waals surface area contributed by atoms with Gasteiger partial charge >= 0.3 is 5.97 Å². The Morgan fingerprint density at radius 3 is 2.68 bits per heavy atom. The number of carbonyl (C=O) groups excluding carboxylic acids is 1. The van der Waals surface area contributed by atoms with Crippen molar-refractivity contribution >= 4 is 21.8 Å². The molecule has 0 spiro atoms. The maximum Gasteiger partial charge on any atom is 0.325 e. The van der Waals surface area contributed by atoms with Gasteiger partial charge < -0.3 is 10.1 Å². The molecule has 9 heteroatoms. The van der Waals surface area contributed by atoms with Gasteiger partial charge in [0.2, 0.25) is 0 Å². The first kappa shape index (κ1) is 18.8. The van der Waals surface area contributed by atoms with Crippen LogP contribution in [0.5, 0.6) is 0 Å². The highest BCUT2D eigenvalue weighted by Crippen LogP contribution is 2.07. The number of ether oxygens (including phenoxy) is 1. The molecule has 0 aromatic carbocycles. The van der Waals surface area contributed by atoms with Gasteiger partial charge in [-0.25, -0.2) is 23.1 Å². The number of sulfonamides is 1. The van der Waals surface area contributed by atoms with Crippen LogP contribution in [0.2, 0.25) is 0 Å². The largest absolute Gasteiger partial charge is 0.462 e. The van der Waals surface area contributed by atoms with Crippen LogP contribution >= 0.6 is 0 Å². The average molecular weight is 364 g/mol. The van der Waals surface area contributed by atoms with Crippen LogP contribution in [0.3, 0.4) is 0 Å². The summed E-state index contributed by atoms with van der Waals surface area (Å²) in [5, 5.41) is 2.79. The molecule has 0 bridgehead atoms. The van der Waals surface area contributed by atoms with Crippen LogP contribution in [0.4, 0.5) is 5.82 Å². The first-order chi connectivity index (χ1) is 11.9. The zero-order chi connectivity index (χ0) is 18.3. The van der Waals surface area contributed by atoms with Crippen molar-refractivity contribution in [2.45, 2.75) is 31.5 Å². The van der Waals surface area contributed by atoms with Crippen molar-refractivity contribution in [2.75, 3.05) is 11.9 Å². The van der Waals surface area contributed by atoms with E-state index >= 15 is 0 Å². The molecule has 2 N–H and O–H groups in total. The van der Waals surface area contributed by atoms with Gasteiger partial charge in [0.25, 0.3) is 10.0 Å². The minimum Gasteiger partial charge on any atom is -0.462 e. The Labute approximate surface area is 146 Å². The summed E-state index contributed by atoms with van der Waals surface area (Å²) in [6.45, 7) is 3.52. The third kappa shape index (κ3) is 6.12. The fraction of sp³-hybridized carbons (Fsp3) is 0.312. The van der Waals surface area contributed by atoms with Gasteiger partial charge in [0.15, 0.2) is 5.03 Å². The lowest BCUT2D eigenvalue weighted by Crippen LogP contribution is -2.25. The van der Waals surface area contributed by atoms with Gasteiger partial charge in [0.1, 0.15) is 12.4 Å². The number of hydrogen-bond acceptors (Lipinski definition) is 7. The van der Waals surface area contributed by atoms with Crippen LogP contribution in [0.25, 0.3) is 0 Å². The highest BCUT2D eigenvalue weighted by molar-refractivity contribution is 7.89. The predicted molar refractivity (Wildman–Crippen MR) is 92.2 cm³/mol. The quantitative estimate of drug-likeness (QED) is 0.680. The normalized spacial score (nSPS) is 11.3. The Kier molecular flexibility index (Phi) is 6.43. The van der Waals surface area contributed by atoms with E-state index in [-0.39, 0.29) is 24.2 Å². The highest BCUT2D eigenvalue weighted by Gasteiger charge is 2.15. The second-order valence-electron chi connectivity index (χ2n) is 5.40.